The maximum absolute atomic E-state index is 12.0. The lowest BCUT2D eigenvalue weighted by Crippen LogP contribution is -2.06. The van der Waals surface area contributed by atoms with Crippen LogP contribution < -0.4 is 14.8 Å². The quantitative estimate of drug-likeness (QED) is 0.683. The van der Waals surface area contributed by atoms with E-state index in [9.17, 15) is 4.79 Å². The van der Waals surface area contributed by atoms with Crippen molar-refractivity contribution in [1.29, 1.82) is 0 Å². The summed E-state index contributed by atoms with van der Waals surface area (Å²) in [5.41, 5.74) is 1.48. The van der Waals surface area contributed by atoms with E-state index in [4.69, 9.17) is 14.2 Å². The highest BCUT2D eigenvalue weighted by Gasteiger charge is 2.13. The highest BCUT2D eigenvalue weighted by molar-refractivity contribution is 6.07. The number of hydrogen-bond acceptors (Lipinski definition) is 6. The van der Waals surface area contributed by atoms with Crippen LogP contribution >= 0.6 is 0 Å². The summed E-state index contributed by atoms with van der Waals surface area (Å²) in [6.07, 6.45) is 1.67. The first-order valence-electron chi connectivity index (χ1n) is 8.08. The zero-order valence-electron chi connectivity index (χ0n) is 14.9. The largest absolute Gasteiger partial charge is 0.497 e. The van der Waals surface area contributed by atoms with Gasteiger partial charge < -0.3 is 19.5 Å². The number of fused-ring (bicyclic) bond motifs is 1. The van der Waals surface area contributed by atoms with Crippen molar-refractivity contribution in [2.45, 2.75) is 6.54 Å². The molecule has 0 atom stereocenters. The van der Waals surface area contributed by atoms with Crippen LogP contribution in [0.3, 0.4) is 0 Å². The van der Waals surface area contributed by atoms with E-state index in [1.807, 2.05) is 30.3 Å². The summed E-state index contributed by atoms with van der Waals surface area (Å²) in [7, 11) is 4.61. The number of carbonyl (C=O) groups excluding carboxylic acids is 1. The van der Waals surface area contributed by atoms with E-state index in [2.05, 4.69) is 10.3 Å². The number of rotatable bonds is 6. The first-order valence-corrected chi connectivity index (χ1v) is 8.08. The Labute approximate surface area is 151 Å². The zero-order chi connectivity index (χ0) is 18.5. The minimum absolute atomic E-state index is 0.371. The van der Waals surface area contributed by atoms with E-state index in [-0.39, 0.29) is 5.97 Å². The van der Waals surface area contributed by atoms with Crippen LogP contribution in [0.1, 0.15) is 15.9 Å². The van der Waals surface area contributed by atoms with Crippen molar-refractivity contribution in [2.75, 3.05) is 26.6 Å². The van der Waals surface area contributed by atoms with Crippen LogP contribution in [0, 0.1) is 0 Å². The van der Waals surface area contributed by atoms with Gasteiger partial charge in [-0.05, 0) is 24.3 Å². The lowest BCUT2D eigenvalue weighted by molar-refractivity contribution is 0.0603. The van der Waals surface area contributed by atoms with Crippen LogP contribution in [0.4, 0.5) is 5.82 Å². The maximum atomic E-state index is 12.0. The Hall–Kier alpha value is -3.28. The number of carbonyl (C=O) groups is 1. The number of nitrogens with one attached hydrogen (secondary N) is 1. The van der Waals surface area contributed by atoms with Gasteiger partial charge in [-0.1, -0.05) is 12.1 Å². The topological polar surface area (TPSA) is 69.7 Å². The molecule has 3 aromatic rings. The van der Waals surface area contributed by atoms with Crippen molar-refractivity contribution < 1.29 is 19.0 Å². The van der Waals surface area contributed by atoms with Gasteiger partial charge >= 0.3 is 5.97 Å². The summed E-state index contributed by atoms with van der Waals surface area (Å²) in [4.78, 5) is 16.4. The number of pyridine rings is 1. The predicted molar refractivity (Wildman–Crippen MR) is 100.0 cm³/mol. The fourth-order valence-electron chi connectivity index (χ4n) is 2.81. The molecule has 1 N–H and O–H groups in total. The second kappa shape index (κ2) is 7.74. The molecule has 0 aliphatic carbocycles. The van der Waals surface area contributed by atoms with Crippen LogP contribution in [0.2, 0.25) is 0 Å². The molecule has 0 aliphatic heterocycles. The Morgan fingerprint density at radius 1 is 1.04 bits per heavy atom. The van der Waals surface area contributed by atoms with Crippen molar-refractivity contribution >= 4 is 22.6 Å². The average molecular weight is 352 g/mol. The second-order valence-corrected chi connectivity index (χ2v) is 5.58. The van der Waals surface area contributed by atoms with Crippen LogP contribution in [0.15, 0.2) is 48.7 Å². The molecule has 0 radical (unpaired) electrons. The molecule has 0 bridgehead atoms. The first-order chi connectivity index (χ1) is 12.7. The van der Waals surface area contributed by atoms with Gasteiger partial charge in [0, 0.05) is 35.1 Å². The Kier molecular flexibility index (Phi) is 5.22. The maximum Gasteiger partial charge on any atom is 0.338 e. The summed E-state index contributed by atoms with van der Waals surface area (Å²) in [6, 6.07) is 12.9. The highest BCUT2D eigenvalue weighted by atomic mass is 16.5. The Morgan fingerprint density at radius 3 is 2.62 bits per heavy atom. The van der Waals surface area contributed by atoms with Crippen molar-refractivity contribution in [1.82, 2.24) is 4.98 Å². The van der Waals surface area contributed by atoms with E-state index in [0.29, 0.717) is 17.9 Å². The number of anilines is 1. The fraction of sp³-hybridized carbons (Fsp3) is 0.200. The van der Waals surface area contributed by atoms with Crippen LogP contribution in [0.25, 0.3) is 10.8 Å². The number of aromatic nitrogens is 1. The van der Waals surface area contributed by atoms with E-state index in [0.717, 1.165) is 27.8 Å². The molecule has 6 nitrogen and oxygen atoms in total. The second-order valence-electron chi connectivity index (χ2n) is 5.58. The minimum atomic E-state index is -0.371. The Balaban J connectivity index is 1.92. The van der Waals surface area contributed by atoms with Gasteiger partial charge in [-0.15, -0.1) is 0 Å². The van der Waals surface area contributed by atoms with Gasteiger partial charge in [0.25, 0.3) is 0 Å². The summed E-state index contributed by atoms with van der Waals surface area (Å²) in [5.74, 6) is 1.78. The Bertz CT molecular complexity index is 940. The molecule has 2 aromatic carbocycles. The molecular weight excluding hydrogens is 332 g/mol. The number of methoxy groups -OCH3 is 3. The fourth-order valence-corrected chi connectivity index (χ4v) is 2.81. The molecule has 0 saturated carbocycles. The lowest BCUT2D eigenvalue weighted by Gasteiger charge is -2.13. The third-order valence-electron chi connectivity index (χ3n) is 4.15. The normalized spacial score (nSPS) is 10.4. The standard InChI is InChI=1S/C20H20N2O4/c1-24-14-8-7-13(18(11-14)25-2)12-22-19-16-5-4-6-17(20(23)26-3)15(16)9-10-21-19/h4-11H,12H2,1-3H3,(H,21,22). The van der Waals surface area contributed by atoms with Crippen molar-refractivity contribution in [2.24, 2.45) is 0 Å². The zero-order valence-corrected chi connectivity index (χ0v) is 14.9. The minimum Gasteiger partial charge on any atom is -0.497 e. The average Bonchev–Trinajstić information content (AvgIpc) is 2.70. The lowest BCUT2D eigenvalue weighted by atomic mass is 10.1. The summed E-state index contributed by atoms with van der Waals surface area (Å²) < 4.78 is 15.5. The third kappa shape index (κ3) is 3.39. The van der Waals surface area contributed by atoms with Gasteiger partial charge in [-0.2, -0.15) is 0 Å². The molecule has 0 spiro atoms. The number of hydrogen-bond donors (Lipinski definition) is 1. The molecule has 1 aromatic heterocycles. The van der Waals surface area contributed by atoms with E-state index >= 15 is 0 Å². The molecule has 0 saturated heterocycles. The third-order valence-corrected chi connectivity index (χ3v) is 4.15. The van der Waals surface area contributed by atoms with E-state index in [1.54, 1.807) is 32.5 Å². The van der Waals surface area contributed by atoms with Crippen LogP contribution in [-0.2, 0) is 11.3 Å². The molecule has 1 heterocycles. The van der Waals surface area contributed by atoms with Crippen LogP contribution in [0.5, 0.6) is 11.5 Å². The molecular formula is C20H20N2O4. The molecule has 0 amide bonds. The first kappa shape index (κ1) is 17.5. The van der Waals surface area contributed by atoms with Crippen molar-refractivity contribution in [3.05, 3.63) is 59.8 Å². The monoisotopic (exact) mass is 352 g/mol. The highest BCUT2D eigenvalue weighted by Crippen LogP contribution is 2.28. The van der Waals surface area contributed by atoms with Crippen LogP contribution in [-0.4, -0.2) is 32.3 Å². The number of esters is 1. The number of ether oxygens (including phenoxy) is 3. The molecule has 26 heavy (non-hydrogen) atoms. The van der Waals surface area contributed by atoms with Gasteiger partial charge in [-0.3, -0.25) is 0 Å². The van der Waals surface area contributed by atoms with Gasteiger partial charge in [0.15, 0.2) is 0 Å². The molecule has 0 aliphatic rings. The molecule has 0 fully saturated rings. The predicted octanol–water partition coefficient (Wildman–Crippen LogP) is 3.65. The number of benzene rings is 2. The summed E-state index contributed by atoms with van der Waals surface area (Å²) in [5, 5.41) is 4.96. The smallest absolute Gasteiger partial charge is 0.338 e. The number of nitrogens with zero attached hydrogens (tertiary/aromatic N) is 1. The van der Waals surface area contributed by atoms with Gasteiger partial charge in [0.2, 0.25) is 0 Å². The molecule has 6 heteroatoms. The van der Waals surface area contributed by atoms with E-state index < -0.39 is 0 Å². The Morgan fingerprint density at radius 2 is 1.88 bits per heavy atom. The van der Waals surface area contributed by atoms with Crippen molar-refractivity contribution in [3.8, 4) is 11.5 Å². The van der Waals surface area contributed by atoms with Crippen molar-refractivity contribution in [3.63, 3.8) is 0 Å². The van der Waals surface area contributed by atoms with Gasteiger partial charge in [0.1, 0.15) is 17.3 Å². The summed E-state index contributed by atoms with van der Waals surface area (Å²) in [6.45, 7) is 0.516. The summed E-state index contributed by atoms with van der Waals surface area (Å²) >= 11 is 0. The molecule has 0 unspecified atom stereocenters. The molecule has 134 valence electrons. The van der Waals surface area contributed by atoms with Gasteiger partial charge in [0.05, 0.1) is 26.9 Å². The molecule has 3 rings (SSSR count). The van der Waals surface area contributed by atoms with Gasteiger partial charge in [-0.25, -0.2) is 9.78 Å². The SMILES string of the molecule is COC(=O)c1cccc2c(NCc3ccc(OC)cc3OC)nccc12. The van der Waals surface area contributed by atoms with E-state index in [1.165, 1.54) is 7.11 Å².